The number of nitro benzene ring substituents is 1. The molecule has 0 spiro atoms. The summed E-state index contributed by atoms with van der Waals surface area (Å²) in [4.78, 5) is 22.2. The Hall–Kier alpha value is -3.64. The van der Waals surface area contributed by atoms with E-state index in [9.17, 15) is 14.9 Å². The van der Waals surface area contributed by atoms with E-state index in [0.29, 0.717) is 21.4 Å². The van der Waals surface area contributed by atoms with Crippen LogP contribution < -0.4 is 16.6 Å². The maximum absolute atomic E-state index is 12.1. The molecule has 0 bridgehead atoms. The zero-order chi connectivity index (χ0) is 21.5. The number of nitro groups is 1. The summed E-state index contributed by atoms with van der Waals surface area (Å²) >= 11 is 7.10. The second-order valence-electron chi connectivity index (χ2n) is 5.71. The number of thioether (sulfide) groups is 1. The largest absolute Gasteiger partial charge is 0.334 e. The van der Waals surface area contributed by atoms with Crippen LogP contribution in [0.4, 0.5) is 17.3 Å². The molecule has 154 valence electrons. The minimum absolute atomic E-state index is 0.0120. The molecule has 0 aliphatic rings. The second kappa shape index (κ2) is 9.71. The third-order valence-electron chi connectivity index (χ3n) is 3.63. The fourth-order valence-electron chi connectivity index (χ4n) is 2.18. The van der Waals surface area contributed by atoms with Gasteiger partial charge in [0.2, 0.25) is 11.1 Å². The monoisotopic (exact) mass is 446 g/mol. The number of non-ortho nitro benzene ring substituents is 1. The summed E-state index contributed by atoms with van der Waals surface area (Å²) in [7, 11) is 0. The molecule has 30 heavy (non-hydrogen) atoms. The average Bonchev–Trinajstić information content (AvgIpc) is 3.08. The first-order chi connectivity index (χ1) is 14.4. The third-order valence-corrected chi connectivity index (χ3v) is 4.90. The number of aromatic nitrogens is 3. The first-order valence-electron chi connectivity index (χ1n) is 8.35. The SMILES string of the molecule is Nn1c(N/N=C/c2ccc([N+](=O)[O-])cc2)nnc1SCC(=O)Nc1ccccc1Cl. The molecule has 1 amide bonds. The van der Waals surface area contributed by atoms with E-state index in [1.807, 2.05) is 0 Å². The maximum Gasteiger partial charge on any atom is 0.269 e. The van der Waals surface area contributed by atoms with Crippen LogP contribution in [-0.4, -0.2) is 37.7 Å². The fourth-order valence-corrected chi connectivity index (χ4v) is 3.02. The number of rotatable bonds is 8. The molecule has 0 saturated carbocycles. The Kier molecular flexibility index (Phi) is 6.83. The summed E-state index contributed by atoms with van der Waals surface area (Å²) in [6.45, 7) is 0. The van der Waals surface area contributed by atoms with Crippen LogP contribution in [0.1, 0.15) is 5.56 Å². The van der Waals surface area contributed by atoms with E-state index in [1.54, 1.807) is 36.4 Å². The zero-order valence-corrected chi connectivity index (χ0v) is 16.8. The molecule has 0 aliphatic carbocycles. The lowest BCUT2D eigenvalue weighted by Crippen LogP contribution is -2.17. The van der Waals surface area contributed by atoms with Gasteiger partial charge in [-0.2, -0.15) is 5.10 Å². The molecule has 13 heteroatoms. The van der Waals surface area contributed by atoms with E-state index in [1.165, 1.54) is 18.3 Å². The summed E-state index contributed by atoms with van der Waals surface area (Å²) in [5.41, 5.74) is 3.77. The van der Waals surface area contributed by atoms with Gasteiger partial charge in [-0.1, -0.05) is 35.5 Å². The van der Waals surface area contributed by atoms with Gasteiger partial charge in [-0.25, -0.2) is 10.1 Å². The fraction of sp³-hybridized carbons (Fsp3) is 0.0588. The molecular formula is C17H15ClN8O3S. The molecule has 1 aromatic heterocycles. The van der Waals surface area contributed by atoms with Gasteiger partial charge in [0.25, 0.3) is 11.6 Å². The number of halogens is 1. The van der Waals surface area contributed by atoms with E-state index in [0.717, 1.165) is 16.4 Å². The van der Waals surface area contributed by atoms with Crippen molar-refractivity contribution in [1.29, 1.82) is 0 Å². The number of hydrazone groups is 1. The molecule has 11 nitrogen and oxygen atoms in total. The van der Waals surface area contributed by atoms with Crippen molar-refractivity contribution in [3.05, 3.63) is 69.2 Å². The predicted octanol–water partition coefficient (Wildman–Crippen LogP) is 2.73. The number of carbonyl (C=O) groups is 1. The van der Waals surface area contributed by atoms with Crippen molar-refractivity contribution in [1.82, 2.24) is 14.9 Å². The summed E-state index contributed by atoms with van der Waals surface area (Å²) in [5.74, 6) is 5.83. The lowest BCUT2D eigenvalue weighted by Gasteiger charge is -2.06. The van der Waals surface area contributed by atoms with Crippen molar-refractivity contribution in [3.63, 3.8) is 0 Å². The third kappa shape index (κ3) is 5.46. The lowest BCUT2D eigenvalue weighted by atomic mass is 10.2. The molecule has 1 heterocycles. The van der Waals surface area contributed by atoms with Gasteiger partial charge in [-0.3, -0.25) is 14.9 Å². The number of hydrogen-bond donors (Lipinski definition) is 3. The van der Waals surface area contributed by atoms with Gasteiger partial charge in [-0.05, 0) is 29.8 Å². The predicted molar refractivity (Wildman–Crippen MR) is 115 cm³/mol. The van der Waals surface area contributed by atoms with Crippen molar-refractivity contribution in [2.45, 2.75) is 5.16 Å². The smallest absolute Gasteiger partial charge is 0.269 e. The Bertz CT molecular complexity index is 1090. The molecule has 0 unspecified atom stereocenters. The van der Waals surface area contributed by atoms with Gasteiger partial charge in [0.1, 0.15) is 0 Å². The first-order valence-corrected chi connectivity index (χ1v) is 9.71. The van der Waals surface area contributed by atoms with E-state index >= 15 is 0 Å². The van der Waals surface area contributed by atoms with Gasteiger partial charge in [0.05, 0.1) is 27.6 Å². The standard InChI is InChI=1S/C17H15ClN8O3S/c18-13-3-1-2-4-14(13)21-15(27)10-30-17-24-23-16(25(17)19)22-20-9-11-5-7-12(8-6-11)26(28)29/h1-9H,10,19H2,(H,21,27)(H,22,23)/b20-9+. The summed E-state index contributed by atoms with van der Waals surface area (Å²) in [6.07, 6.45) is 1.45. The highest BCUT2D eigenvalue weighted by atomic mass is 35.5. The summed E-state index contributed by atoms with van der Waals surface area (Å²) in [6, 6.07) is 12.7. The highest BCUT2D eigenvalue weighted by Crippen LogP contribution is 2.22. The summed E-state index contributed by atoms with van der Waals surface area (Å²) in [5, 5.41) is 25.8. The number of anilines is 2. The second-order valence-corrected chi connectivity index (χ2v) is 7.06. The number of para-hydroxylation sites is 1. The molecular weight excluding hydrogens is 432 g/mol. The number of nitrogens with zero attached hydrogens (tertiary/aromatic N) is 5. The number of nitrogens with two attached hydrogens (primary N) is 1. The van der Waals surface area contributed by atoms with E-state index in [-0.39, 0.29) is 23.3 Å². The molecule has 3 rings (SSSR count). The molecule has 0 fully saturated rings. The van der Waals surface area contributed by atoms with Crippen molar-refractivity contribution in [2.24, 2.45) is 5.10 Å². The van der Waals surface area contributed by atoms with Gasteiger partial charge in [0, 0.05) is 12.1 Å². The van der Waals surface area contributed by atoms with Gasteiger partial charge in [-0.15, -0.1) is 10.2 Å². The number of benzene rings is 2. The number of nitrogen functional groups attached to an aromatic ring is 1. The Labute approximate surface area is 179 Å². The van der Waals surface area contributed by atoms with E-state index in [4.69, 9.17) is 17.4 Å². The van der Waals surface area contributed by atoms with Crippen molar-refractivity contribution >= 4 is 52.8 Å². The molecule has 2 aromatic carbocycles. The van der Waals surface area contributed by atoms with Crippen LogP contribution in [0, 0.1) is 10.1 Å². The molecule has 0 atom stereocenters. The molecule has 3 aromatic rings. The van der Waals surface area contributed by atoms with E-state index < -0.39 is 4.92 Å². The Morgan fingerprint density at radius 1 is 1.27 bits per heavy atom. The number of amides is 1. The van der Waals surface area contributed by atoms with Gasteiger partial charge in [0.15, 0.2) is 0 Å². The maximum atomic E-state index is 12.1. The van der Waals surface area contributed by atoms with E-state index in [2.05, 4.69) is 26.0 Å². The highest BCUT2D eigenvalue weighted by Gasteiger charge is 2.12. The molecule has 0 saturated heterocycles. The number of carbonyl (C=O) groups excluding carboxylic acids is 1. The Morgan fingerprint density at radius 2 is 2.00 bits per heavy atom. The van der Waals surface area contributed by atoms with Crippen LogP contribution >= 0.6 is 23.4 Å². The minimum atomic E-state index is -0.482. The number of nitrogens with one attached hydrogen (secondary N) is 2. The topological polar surface area (TPSA) is 153 Å². The highest BCUT2D eigenvalue weighted by molar-refractivity contribution is 7.99. The number of hydrogen-bond acceptors (Lipinski definition) is 9. The molecule has 0 radical (unpaired) electrons. The van der Waals surface area contributed by atoms with Crippen LogP contribution in [0.5, 0.6) is 0 Å². The van der Waals surface area contributed by atoms with Crippen LogP contribution in [0.25, 0.3) is 0 Å². The van der Waals surface area contributed by atoms with Crippen LogP contribution in [-0.2, 0) is 4.79 Å². The van der Waals surface area contributed by atoms with Crippen LogP contribution in [0.3, 0.4) is 0 Å². The zero-order valence-electron chi connectivity index (χ0n) is 15.2. The summed E-state index contributed by atoms with van der Waals surface area (Å²) < 4.78 is 1.15. The van der Waals surface area contributed by atoms with Gasteiger partial charge >= 0.3 is 0 Å². The van der Waals surface area contributed by atoms with Gasteiger partial charge < -0.3 is 11.2 Å². The Balaban J connectivity index is 1.53. The van der Waals surface area contributed by atoms with Crippen molar-refractivity contribution in [2.75, 3.05) is 22.3 Å². The minimum Gasteiger partial charge on any atom is -0.334 e. The lowest BCUT2D eigenvalue weighted by molar-refractivity contribution is -0.384. The normalized spacial score (nSPS) is 10.8. The first kappa shape index (κ1) is 21.1. The van der Waals surface area contributed by atoms with Crippen LogP contribution in [0.15, 0.2) is 58.8 Å². The molecule has 0 aliphatic heterocycles. The quantitative estimate of drug-likeness (QED) is 0.157. The average molecular weight is 447 g/mol. The van der Waals surface area contributed by atoms with Crippen LogP contribution in [0.2, 0.25) is 5.02 Å². The Morgan fingerprint density at radius 3 is 2.70 bits per heavy atom. The van der Waals surface area contributed by atoms with Crippen molar-refractivity contribution in [3.8, 4) is 0 Å². The van der Waals surface area contributed by atoms with Crippen molar-refractivity contribution < 1.29 is 9.72 Å². The molecule has 4 N–H and O–H groups in total.